The van der Waals surface area contributed by atoms with E-state index in [9.17, 15) is 4.79 Å². The van der Waals surface area contributed by atoms with E-state index in [0.717, 1.165) is 6.42 Å². The molecule has 0 aliphatic heterocycles. The number of hydrogen-bond donors (Lipinski definition) is 4. The van der Waals surface area contributed by atoms with E-state index in [-0.39, 0.29) is 10.7 Å². The number of carbonyl (C=O) groups is 1. The van der Waals surface area contributed by atoms with Crippen LogP contribution in [-0.4, -0.2) is 23.2 Å². The first-order valence-corrected chi connectivity index (χ1v) is 4.36. The molecule has 6 heteroatoms. The fraction of sp³-hybridized carbons (Fsp3) is 0.667. The van der Waals surface area contributed by atoms with Crippen LogP contribution in [0.15, 0.2) is 0 Å². The van der Waals surface area contributed by atoms with Crippen molar-refractivity contribution in [1.82, 2.24) is 5.32 Å². The van der Waals surface area contributed by atoms with Gasteiger partial charge in [-0.2, -0.15) is 0 Å². The molecule has 0 aliphatic rings. The maximum Gasteiger partial charge on any atom is 0.214 e. The van der Waals surface area contributed by atoms with Crippen LogP contribution in [0.2, 0.25) is 0 Å². The molecule has 1 atom stereocenters. The van der Waals surface area contributed by atoms with Gasteiger partial charge in [0.2, 0.25) is 4.69 Å². The van der Waals surface area contributed by atoms with E-state index in [2.05, 4.69) is 21.2 Å². The number of nitrogens with two attached hydrogens (primary N) is 2. The first-order chi connectivity index (χ1) is 5.54. The van der Waals surface area contributed by atoms with Crippen LogP contribution in [0.1, 0.15) is 12.8 Å². The molecule has 1 unspecified atom stereocenters. The summed E-state index contributed by atoms with van der Waals surface area (Å²) >= 11 is 2.77. The van der Waals surface area contributed by atoms with Crippen LogP contribution in [-0.2, 0) is 4.79 Å². The van der Waals surface area contributed by atoms with Crippen LogP contribution >= 0.6 is 15.9 Å². The molecule has 0 aromatic rings. The maximum atomic E-state index is 10.6. The van der Waals surface area contributed by atoms with Gasteiger partial charge >= 0.3 is 0 Å². The van der Waals surface area contributed by atoms with E-state index in [1.165, 1.54) is 0 Å². The Balaban J connectivity index is 3.31. The summed E-state index contributed by atoms with van der Waals surface area (Å²) in [7, 11) is 0. The number of halogens is 1. The minimum atomic E-state index is -0.459. The normalized spacial score (nSPS) is 12.2. The molecule has 0 rings (SSSR count). The Hall–Kier alpha value is -0.620. The van der Waals surface area contributed by atoms with Crippen LogP contribution in [0.3, 0.4) is 0 Å². The number of carbonyl (C=O) groups excluding carboxylic acids is 1. The summed E-state index contributed by atoms with van der Waals surface area (Å²) in [6.45, 7) is 0.573. The predicted molar refractivity (Wildman–Crippen MR) is 51.1 cm³/mol. The molecule has 0 saturated heterocycles. The molecule has 0 spiro atoms. The minimum absolute atomic E-state index is 0.0614. The summed E-state index contributed by atoms with van der Waals surface area (Å²) in [5.41, 5.74) is 10.5. The number of guanidine groups is 1. The van der Waals surface area contributed by atoms with Gasteiger partial charge in [-0.05, 0) is 28.8 Å². The molecule has 12 heavy (non-hydrogen) atoms. The highest BCUT2D eigenvalue weighted by atomic mass is 79.9. The number of nitrogens with one attached hydrogen (secondary N) is 2. The second-order valence-electron chi connectivity index (χ2n) is 2.39. The molecule has 0 amide bonds. The summed E-state index contributed by atoms with van der Waals surface area (Å²) < 4.78 is -0.190. The zero-order valence-corrected chi connectivity index (χ0v) is 8.23. The van der Waals surface area contributed by atoms with Gasteiger partial charge < -0.3 is 16.8 Å². The van der Waals surface area contributed by atoms with E-state index in [1.54, 1.807) is 0 Å². The van der Waals surface area contributed by atoms with Gasteiger partial charge in [0, 0.05) is 6.54 Å². The molecule has 0 heterocycles. The zero-order chi connectivity index (χ0) is 9.56. The standard InChI is InChI=1S/C6H13BrN4O/c7-5(12)4(8)2-1-3-11-6(9)10/h4H,1-3,8H2,(H4,9,10,11). The van der Waals surface area contributed by atoms with Crippen LogP contribution in [0.4, 0.5) is 0 Å². The minimum Gasteiger partial charge on any atom is -0.370 e. The van der Waals surface area contributed by atoms with Crippen LogP contribution < -0.4 is 16.8 Å². The van der Waals surface area contributed by atoms with Crippen LogP contribution in [0.5, 0.6) is 0 Å². The van der Waals surface area contributed by atoms with Crippen molar-refractivity contribution in [2.45, 2.75) is 18.9 Å². The predicted octanol–water partition coefficient (Wildman–Crippen LogP) is -0.502. The Morgan fingerprint density at radius 2 is 2.25 bits per heavy atom. The molecule has 0 aromatic carbocycles. The summed E-state index contributed by atoms with van der Waals surface area (Å²) in [6, 6.07) is -0.459. The lowest BCUT2D eigenvalue weighted by Gasteiger charge is -2.06. The highest BCUT2D eigenvalue weighted by molar-refractivity contribution is 9.18. The third-order valence-corrected chi connectivity index (χ3v) is 1.89. The van der Waals surface area contributed by atoms with Crippen molar-refractivity contribution >= 4 is 26.6 Å². The fourth-order valence-corrected chi connectivity index (χ4v) is 0.887. The van der Waals surface area contributed by atoms with Crippen molar-refractivity contribution in [1.29, 1.82) is 5.41 Å². The SMILES string of the molecule is N=C(N)NCCCC(N)C(=O)Br. The molecule has 0 aromatic heterocycles. The second kappa shape index (κ2) is 5.96. The van der Waals surface area contributed by atoms with Gasteiger partial charge in [-0.1, -0.05) is 0 Å². The summed E-state index contributed by atoms with van der Waals surface area (Å²) in [4.78, 5) is 10.6. The number of hydrogen-bond acceptors (Lipinski definition) is 3. The van der Waals surface area contributed by atoms with Gasteiger partial charge in [0.15, 0.2) is 5.96 Å². The van der Waals surface area contributed by atoms with E-state index in [1.807, 2.05) is 0 Å². The van der Waals surface area contributed by atoms with Crippen molar-refractivity contribution < 1.29 is 4.79 Å². The lowest BCUT2D eigenvalue weighted by atomic mass is 10.2. The molecule has 0 saturated carbocycles. The van der Waals surface area contributed by atoms with Crippen molar-refractivity contribution in [2.75, 3.05) is 6.54 Å². The molecule has 70 valence electrons. The lowest BCUT2D eigenvalue weighted by molar-refractivity contribution is -0.111. The van der Waals surface area contributed by atoms with Gasteiger partial charge in [0.25, 0.3) is 0 Å². The molecule has 0 radical (unpaired) electrons. The Kier molecular flexibility index (Phi) is 5.65. The van der Waals surface area contributed by atoms with E-state index >= 15 is 0 Å². The van der Waals surface area contributed by atoms with Gasteiger partial charge in [0.05, 0.1) is 6.04 Å². The molecule has 0 fully saturated rings. The van der Waals surface area contributed by atoms with E-state index < -0.39 is 6.04 Å². The topological polar surface area (TPSA) is 105 Å². The summed E-state index contributed by atoms with van der Waals surface area (Å²) in [6.07, 6.45) is 1.31. The van der Waals surface area contributed by atoms with Crippen molar-refractivity contribution in [3.05, 3.63) is 0 Å². The molecule has 0 bridgehead atoms. The first-order valence-electron chi connectivity index (χ1n) is 3.57. The largest absolute Gasteiger partial charge is 0.370 e. The average molecular weight is 237 g/mol. The fourth-order valence-electron chi connectivity index (χ4n) is 0.659. The highest BCUT2D eigenvalue weighted by Gasteiger charge is 2.08. The van der Waals surface area contributed by atoms with Crippen molar-refractivity contribution in [3.8, 4) is 0 Å². The third-order valence-electron chi connectivity index (χ3n) is 1.30. The second-order valence-corrected chi connectivity index (χ2v) is 3.17. The Labute approximate surface area is 79.5 Å². The molecule has 0 aliphatic carbocycles. The third kappa shape index (κ3) is 6.11. The van der Waals surface area contributed by atoms with E-state index in [0.29, 0.717) is 13.0 Å². The lowest BCUT2D eigenvalue weighted by Crippen LogP contribution is -2.33. The summed E-state index contributed by atoms with van der Waals surface area (Å²) in [5, 5.41) is 9.44. The van der Waals surface area contributed by atoms with Crippen molar-refractivity contribution in [2.24, 2.45) is 11.5 Å². The maximum absolute atomic E-state index is 10.6. The smallest absolute Gasteiger partial charge is 0.214 e. The van der Waals surface area contributed by atoms with E-state index in [4.69, 9.17) is 16.9 Å². The average Bonchev–Trinajstić information content (AvgIpc) is 1.97. The number of rotatable bonds is 5. The molecule has 5 nitrogen and oxygen atoms in total. The Morgan fingerprint density at radius 1 is 1.67 bits per heavy atom. The van der Waals surface area contributed by atoms with Gasteiger partial charge in [-0.25, -0.2) is 0 Å². The monoisotopic (exact) mass is 236 g/mol. The van der Waals surface area contributed by atoms with Crippen molar-refractivity contribution in [3.63, 3.8) is 0 Å². The summed E-state index contributed by atoms with van der Waals surface area (Å²) in [5.74, 6) is -0.0614. The Morgan fingerprint density at radius 3 is 2.67 bits per heavy atom. The Bertz CT molecular complexity index is 173. The molecular formula is C6H13BrN4O. The van der Waals surface area contributed by atoms with Gasteiger partial charge in [0.1, 0.15) is 0 Å². The molecular weight excluding hydrogens is 224 g/mol. The van der Waals surface area contributed by atoms with Crippen LogP contribution in [0.25, 0.3) is 0 Å². The van der Waals surface area contributed by atoms with Gasteiger partial charge in [-0.15, -0.1) is 0 Å². The quantitative estimate of drug-likeness (QED) is 0.224. The zero-order valence-electron chi connectivity index (χ0n) is 6.64. The molecule has 6 N–H and O–H groups in total. The van der Waals surface area contributed by atoms with Crippen LogP contribution in [0, 0.1) is 5.41 Å². The van der Waals surface area contributed by atoms with Gasteiger partial charge in [-0.3, -0.25) is 10.2 Å². The highest BCUT2D eigenvalue weighted by Crippen LogP contribution is 1.98. The first kappa shape index (κ1) is 11.4.